The molecule has 106 valence electrons. The summed E-state index contributed by atoms with van der Waals surface area (Å²) in [7, 11) is -0.834. The summed E-state index contributed by atoms with van der Waals surface area (Å²) in [4.78, 5) is 14.2. The van der Waals surface area contributed by atoms with Crippen LogP contribution in [0.1, 0.15) is 46.0 Å². The number of amides is 1. The third-order valence-corrected chi connectivity index (χ3v) is 4.14. The van der Waals surface area contributed by atoms with E-state index in [9.17, 15) is 9.00 Å². The Hall–Kier alpha value is -0.420. The topological polar surface area (TPSA) is 49.4 Å². The van der Waals surface area contributed by atoms with Gasteiger partial charge in [-0.1, -0.05) is 33.1 Å². The molecule has 1 rings (SSSR count). The molecule has 0 aromatic rings. The van der Waals surface area contributed by atoms with Gasteiger partial charge in [0.25, 0.3) is 0 Å². The average Bonchev–Trinajstić information content (AvgIpc) is 2.61. The predicted molar refractivity (Wildman–Crippen MR) is 75.8 cm³/mol. The molecule has 1 saturated heterocycles. The van der Waals surface area contributed by atoms with Gasteiger partial charge in [0.2, 0.25) is 5.91 Å². The van der Waals surface area contributed by atoms with E-state index in [-0.39, 0.29) is 18.1 Å². The summed E-state index contributed by atoms with van der Waals surface area (Å²) in [5.74, 6) is 0.779. The van der Waals surface area contributed by atoms with E-state index in [0.29, 0.717) is 12.3 Å². The zero-order valence-electron chi connectivity index (χ0n) is 11.8. The Bertz CT molecular complexity index is 297. The highest BCUT2D eigenvalue weighted by molar-refractivity contribution is 7.84. The van der Waals surface area contributed by atoms with Crippen LogP contribution >= 0.6 is 0 Å². The van der Waals surface area contributed by atoms with Crippen LogP contribution in [0.4, 0.5) is 0 Å². The maximum atomic E-state index is 12.3. The zero-order valence-corrected chi connectivity index (χ0v) is 12.6. The van der Waals surface area contributed by atoms with E-state index in [2.05, 4.69) is 19.2 Å². The highest BCUT2D eigenvalue weighted by Gasteiger charge is 2.37. The summed E-state index contributed by atoms with van der Waals surface area (Å²) in [6, 6.07) is -0.0215. The molecule has 18 heavy (non-hydrogen) atoms. The molecule has 1 aliphatic rings. The SMILES string of the molecule is CCCCC1NC(CCC)N(CCS(C)=O)C1=O. The molecule has 1 aliphatic heterocycles. The fourth-order valence-corrected chi connectivity index (χ4v) is 2.82. The first-order valence-electron chi connectivity index (χ1n) is 6.96. The monoisotopic (exact) mass is 274 g/mol. The quantitative estimate of drug-likeness (QED) is 0.729. The molecule has 0 bridgehead atoms. The van der Waals surface area contributed by atoms with Gasteiger partial charge in [-0.25, -0.2) is 0 Å². The lowest BCUT2D eigenvalue weighted by Crippen LogP contribution is -2.39. The fraction of sp³-hybridized carbons (Fsp3) is 0.923. The van der Waals surface area contributed by atoms with E-state index in [4.69, 9.17) is 0 Å². The number of hydrogen-bond acceptors (Lipinski definition) is 3. The highest BCUT2D eigenvalue weighted by Crippen LogP contribution is 2.18. The Morgan fingerprint density at radius 2 is 2.00 bits per heavy atom. The molecule has 3 atom stereocenters. The van der Waals surface area contributed by atoms with Crippen molar-refractivity contribution in [3.63, 3.8) is 0 Å². The van der Waals surface area contributed by atoms with E-state index in [1.165, 1.54) is 0 Å². The minimum Gasteiger partial charge on any atom is -0.325 e. The number of carbonyl (C=O) groups excluding carboxylic acids is 1. The van der Waals surface area contributed by atoms with Crippen molar-refractivity contribution in [2.45, 2.75) is 58.2 Å². The van der Waals surface area contributed by atoms with Crippen LogP contribution in [-0.4, -0.2) is 45.8 Å². The van der Waals surface area contributed by atoms with E-state index < -0.39 is 10.8 Å². The number of unbranched alkanes of at least 4 members (excludes halogenated alkanes) is 1. The highest BCUT2D eigenvalue weighted by atomic mass is 32.2. The zero-order chi connectivity index (χ0) is 13.5. The molecule has 0 spiro atoms. The normalized spacial score (nSPS) is 25.7. The molecule has 5 heteroatoms. The van der Waals surface area contributed by atoms with Crippen LogP contribution in [0.15, 0.2) is 0 Å². The Morgan fingerprint density at radius 1 is 1.28 bits per heavy atom. The largest absolute Gasteiger partial charge is 0.325 e. The van der Waals surface area contributed by atoms with Crippen molar-refractivity contribution >= 4 is 16.7 Å². The minimum absolute atomic E-state index is 0.0215. The summed E-state index contributed by atoms with van der Waals surface area (Å²) in [6.07, 6.45) is 6.98. The van der Waals surface area contributed by atoms with Gasteiger partial charge in [0.05, 0.1) is 12.2 Å². The summed E-state index contributed by atoms with van der Waals surface area (Å²) in [5.41, 5.74) is 0. The van der Waals surface area contributed by atoms with Crippen LogP contribution in [0.25, 0.3) is 0 Å². The molecule has 0 aliphatic carbocycles. The number of carbonyl (C=O) groups is 1. The second kappa shape index (κ2) is 7.89. The van der Waals surface area contributed by atoms with Crippen molar-refractivity contribution < 1.29 is 9.00 Å². The average molecular weight is 274 g/mol. The van der Waals surface area contributed by atoms with Gasteiger partial charge in [-0.2, -0.15) is 0 Å². The van der Waals surface area contributed by atoms with Gasteiger partial charge in [0.15, 0.2) is 0 Å². The maximum Gasteiger partial charge on any atom is 0.241 e. The van der Waals surface area contributed by atoms with Crippen LogP contribution in [0.3, 0.4) is 0 Å². The number of nitrogens with zero attached hydrogens (tertiary/aromatic N) is 1. The Morgan fingerprint density at radius 3 is 2.56 bits per heavy atom. The lowest BCUT2D eigenvalue weighted by molar-refractivity contribution is -0.129. The third kappa shape index (κ3) is 4.35. The van der Waals surface area contributed by atoms with Crippen LogP contribution in [-0.2, 0) is 15.6 Å². The predicted octanol–water partition coefficient (Wildman–Crippen LogP) is 1.48. The van der Waals surface area contributed by atoms with Gasteiger partial charge in [-0.3, -0.25) is 14.3 Å². The second-order valence-electron chi connectivity index (χ2n) is 4.97. The molecule has 4 nitrogen and oxygen atoms in total. The van der Waals surface area contributed by atoms with Gasteiger partial charge in [-0.15, -0.1) is 0 Å². The first-order valence-corrected chi connectivity index (χ1v) is 8.69. The van der Waals surface area contributed by atoms with Gasteiger partial charge in [-0.05, 0) is 12.8 Å². The standard InChI is InChI=1S/C13H26N2O2S/c1-4-6-8-11-13(16)15(9-10-18(3)17)12(14-11)7-5-2/h11-12,14H,4-10H2,1-3H3. The summed E-state index contributed by atoms with van der Waals surface area (Å²) >= 11 is 0. The van der Waals surface area contributed by atoms with Crippen molar-refractivity contribution in [3.05, 3.63) is 0 Å². The maximum absolute atomic E-state index is 12.3. The van der Waals surface area contributed by atoms with E-state index in [0.717, 1.165) is 32.1 Å². The molecule has 0 radical (unpaired) electrons. The lowest BCUT2D eigenvalue weighted by atomic mass is 10.1. The molecule has 1 N–H and O–H groups in total. The van der Waals surface area contributed by atoms with E-state index >= 15 is 0 Å². The van der Waals surface area contributed by atoms with Crippen LogP contribution < -0.4 is 5.32 Å². The van der Waals surface area contributed by atoms with Crippen LogP contribution in [0, 0.1) is 0 Å². The summed E-state index contributed by atoms with van der Waals surface area (Å²) in [6.45, 7) is 4.88. The van der Waals surface area contributed by atoms with Crippen molar-refractivity contribution in [2.24, 2.45) is 0 Å². The fourth-order valence-electron chi connectivity index (χ4n) is 2.37. The molecule has 0 aromatic heterocycles. The van der Waals surface area contributed by atoms with Crippen LogP contribution in [0.2, 0.25) is 0 Å². The van der Waals surface area contributed by atoms with Crippen molar-refractivity contribution in [2.75, 3.05) is 18.6 Å². The first kappa shape index (κ1) is 15.6. The van der Waals surface area contributed by atoms with Crippen molar-refractivity contribution in [1.29, 1.82) is 0 Å². The molecular weight excluding hydrogens is 248 g/mol. The molecule has 3 unspecified atom stereocenters. The van der Waals surface area contributed by atoms with Gasteiger partial charge in [0, 0.05) is 29.4 Å². The lowest BCUT2D eigenvalue weighted by Gasteiger charge is -2.23. The smallest absolute Gasteiger partial charge is 0.241 e. The number of rotatable bonds is 8. The molecular formula is C13H26N2O2S. The summed E-state index contributed by atoms with van der Waals surface area (Å²) < 4.78 is 11.2. The molecule has 1 heterocycles. The Labute approximate surface area is 113 Å². The molecule has 1 amide bonds. The van der Waals surface area contributed by atoms with Gasteiger partial charge < -0.3 is 4.90 Å². The second-order valence-corrected chi connectivity index (χ2v) is 6.53. The molecule has 1 fully saturated rings. The Kier molecular flexibility index (Phi) is 6.86. The number of nitrogens with one attached hydrogen (secondary N) is 1. The van der Waals surface area contributed by atoms with E-state index in [1.807, 2.05) is 4.90 Å². The summed E-state index contributed by atoms with van der Waals surface area (Å²) in [5, 5.41) is 3.43. The van der Waals surface area contributed by atoms with Crippen molar-refractivity contribution in [1.82, 2.24) is 10.2 Å². The van der Waals surface area contributed by atoms with E-state index in [1.54, 1.807) is 6.26 Å². The third-order valence-electron chi connectivity index (χ3n) is 3.38. The van der Waals surface area contributed by atoms with Crippen LogP contribution in [0.5, 0.6) is 0 Å². The minimum atomic E-state index is -0.834. The van der Waals surface area contributed by atoms with Crippen molar-refractivity contribution in [3.8, 4) is 0 Å². The molecule has 0 aromatic carbocycles. The van der Waals surface area contributed by atoms with Gasteiger partial charge >= 0.3 is 0 Å². The number of hydrogen-bond donors (Lipinski definition) is 1. The Balaban J connectivity index is 2.58. The molecule has 0 saturated carbocycles. The first-order chi connectivity index (χ1) is 8.60. The van der Waals surface area contributed by atoms with Gasteiger partial charge in [0.1, 0.15) is 0 Å².